The summed E-state index contributed by atoms with van der Waals surface area (Å²) in [7, 11) is -2.11. The second kappa shape index (κ2) is 10.6. The van der Waals surface area contributed by atoms with E-state index in [-0.39, 0.29) is 10.8 Å². The summed E-state index contributed by atoms with van der Waals surface area (Å²) in [4.78, 5) is 13.4. The van der Waals surface area contributed by atoms with E-state index in [0.717, 1.165) is 21.8 Å². The summed E-state index contributed by atoms with van der Waals surface area (Å²) in [5.41, 5.74) is 2.84. The quantitative estimate of drug-likeness (QED) is 0.418. The lowest BCUT2D eigenvalue weighted by atomic mass is 10.1. The number of para-hydroxylation sites is 1. The van der Waals surface area contributed by atoms with E-state index in [4.69, 9.17) is 4.74 Å². The molecule has 0 atom stereocenters. The highest BCUT2D eigenvalue weighted by Gasteiger charge is 2.16. The van der Waals surface area contributed by atoms with Crippen LogP contribution in [0.25, 0.3) is 0 Å². The molecule has 3 aromatic rings. The zero-order valence-corrected chi connectivity index (χ0v) is 19.8. The van der Waals surface area contributed by atoms with Gasteiger partial charge in [0.25, 0.3) is 10.0 Å². The van der Waals surface area contributed by atoms with E-state index in [1.807, 2.05) is 56.3 Å². The normalized spacial score (nSPS) is 11.1. The second-order valence-corrected chi connectivity index (χ2v) is 10.1. The molecule has 0 spiro atoms. The Bertz CT molecular complexity index is 1160. The molecule has 0 saturated carbocycles. The van der Waals surface area contributed by atoms with Crippen molar-refractivity contribution >= 4 is 39.1 Å². The number of hydrogen-bond donors (Lipinski definition) is 2. The summed E-state index contributed by atoms with van der Waals surface area (Å²) in [6.45, 7) is 3.72. The number of benzene rings is 3. The molecule has 6 nitrogen and oxygen atoms in total. The van der Waals surface area contributed by atoms with Crippen molar-refractivity contribution in [3.05, 3.63) is 77.9 Å². The minimum Gasteiger partial charge on any atom is -0.497 e. The standard InChI is InChI=1S/C24H26N2O4S2/c1-17-5-4-6-18(2)24(17)26-32(28,29)22-13-7-19(8-14-22)25-23(27)15-16-31-21-11-9-20(30-3)10-12-21/h4-14,26H,15-16H2,1-3H3,(H,25,27). The third kappa shape index (κ3) is 6.27. The van der Waals surface area contributed by atoms with E-state index in [9.17, 15) is 13.2 Å². The van der Waals surface area contributed by atoms with Gasteiger partial charge in [-0.25, -0.2) is 8.42 Å². The van der Waals surface area contributed by atoms with Crippen molar-refractivity contribution in [2.24, 2.45) is 0 Å². The van der Waals surface area contributed by atoms with Crippen LogP contribution in [0.15, 0.2) is 76.5 Å². The Labute approximate surface area is 193 Å². The van der Waals surface area contributed by atoms with E-state index >= 15 is 0 Å². The highest BCUT2D eigenvalue weighted by atomic mass is 32.2. The zero-order chi connectivity index (χ0) is 23.1. The Morgan fingerprint density at radius 1 is 0.938 bits per heavy atom. The van der Waals surface area contributed by atoms with Gasteiger partial charge in [-0.3, -0.25) is 9.52 Å². The average Bonchev–Trinajstić information content (AvgIpc) is 2.77. The summed E-state index contributed by atoms with van der Waals surface area (Å²) < 4.78 is 33.3. The Morgan fingerprint density at radius 2 is 1.56 bits per heavy atom. The monoisotopic (exact) mass is 470 g/mol. The van der Waals surface area contributed by atoms with E-state index in [1.165, 1.54) is 12.1 Å². The van der Waals surface area contributed by atoms with Crippen LogP contribution >= 0.6 is 11.8 Å². The fourth-order valence-corrected chi connectivity index (χ4v) is 5.10. The van der Waals surface area contributed by atoms with Crippen molar-refractivity contribution in [3.8, 4) is 5.75 Å². The number of hydrogen-bond acceptors (Lipinski definition) is 5. The molecule has 168 valence electrons. The number of amides is 1. The Hall–Kier alpha value is -2.97. The Balaban J connectivity index is 1.54. The maximum Gasteiger partial charge on any atom is 0.261 e. The van der Waals surface area contributed by atoms with Crippen LogP contribution in [0.3, 0.4) is 0 Å². The van der Waals surface area contributed by atoms with Gasteiger partial charge in [-0.1, -0.05) is 18.2 Å². The number of carbonyl (C=O) groups excluding carboxylic acids is 1. The number of rotatable bonds is 9. The largest absolute Gasteiger partial charge is 0.497 e. The van der Waals surface area contributed by atoms with Gasteiger partial charge in [-0.2, -0.15) is 0 Å². The van der Waals surface area contributed by atoms with E-state index in [2.05, 4.69) is 10.0 Å². The highest BCUT2D eigenvalue weighted by molar-refractivity contribution is 7.99. The van der Waals surface area contributed by atoms with Crippen LogP contribution in [0, 0.1) is 13.8 Å². The molecule has 0 aliphatic heterocycles. The van der Waals surface area contributed by atoms with Crippen molar-refractivity contribution in [1.82, 2.24) is 0 Å². The number of thioether (sulfide) groups is 1. The molecular formula is C24H26N2O4S2. The first-order valence-corrected chi connectivity index (χ1v) is 12.5. The highest BCUT2D eigenvalue weighted by Crippen LogP contribution is 2.25. The molecule has 0 heterocycles. The molecule has 0 fully saturated rings. The molecule has 1 amide bonds. The molecule has 0 bridgehead atoms. The lowest BCUT2D eigenvalue weighted by molar-refractivity contribution is -0.115. The van der Waals surface area contributed by atoms with E-state index < -0.39 is 10.0 Å². The molecule has 0 aliphatic rings. The molecule has 3 aromatic carbocycles. The molecule has 32 heavy (non-hydrogen) atoms. The van der Waals surface area contributed by atoms with Crippen molar-refractivity contribution < 1.29 is 17.9 Å². The minimum atomic E-state index is -3.73. The molecule has 0 aromatic heterocycles. The third-order valence-corrected chi connectivity index (χ3v) is 7.20. The van der Waals surface area contributed by atoms with Gasteiger partial charge in [0.1, 0.15) is 5.75 Å². The molecule has 3 rings (SSSR count). The number of aryl methyl sites for hydroxylation is 2. The van der Waals surface area contributed by atoms with Crippen LogP contribution in [0.2, 0.25) is 0 Å². The smallest absolute Gasteiger partial charge is 0.261 e. The molecule has 0 radical (unpaired) electrons. The molecular weight excluding hydrogens is 444 g/mol. The van der Waals surface area contributed by atoms with E-state index in [1.54, 1.807) is 31.0 Å². The first kappa shape index (κ1) is 23.7. The van der Waals surface area contributed by atoms with Crippen LogP contribution in [-0.4, -0.2) is 27.2 Å². The summed E-state index contributed by atoms with van der Waals surface area (Å²) in [5, 5.41) is 2.81. The summed E-state index contributed by atoms with van der Waals surface area (Å²) in [5.74, 6) is 1.29. The number of nitrogens with one attached hydrogen (secondary N) is 2. The van der Waals surface area contributed by atoms with Crippen LogP contribution in [-0.2, 0) is 14.8 Å². The minimum absolute atomic E-state index is 0.129. The van der Waals surface area contributed by atoms with Crippen LogP contribution in [0.5, 0.6) is 5.75 Å². The van der Waals surface area contributed by atoms with E-state index in [0.29, 0.717) is 23.5 Å². The van der Waals surface area contributed by atoms with Crippen LogP contribution in [0.4, 0.5) is 11.4 Å². The van der Waals surface area contributed by atoms with Gasteiger partial charge in [0.05, 0.1) is 17.7 Å². The van der Waals surface area contributed by atoms with Crippen LogP contribution < -0.4 is 14.8 Å². The molecule has 2 N–H and O–H groups in total. The summed E-state index contributed by atoms with van der Waals surface area (Å²) in [6, 6.07) is 19.4. The van der Waals surface area contributed by atoms with Crippen molar-refractivity contribution in [2.75, 3.05) is 22.9 Å². The maximum atomic E-state index is 12.7. The number of ether oxygens (including phenoxy) is 1. The predicted molar refractivity (Wildman–Crippen MR) is 130 cm³/mol. The van der Waals surface area contributed by atoms with Gasteiger partial charge < -0.3 is 10.1 Å². The first-order chi connectivity index (χ1) is 15.3. The van der Waals surface area contributed by atoms with Crippen molar-refractivity contribution in [1.29, 1.82) is 0 Å². The van der Waals surface area contributed by atoms with Gasteiger partial charge in [-0.05, 0) is 73.5 Å². The molecule has 0 unspecified atom stereocenters. The maximum absolute atomic E-state index is 12.7. The average molecular weight is 471 g/mol. The zero-order valence-electron chi connectivity index (χ0n) is 18.2. The van der Waals surface area contributed by atoms with Gasteiger partial charge in [0, 0.05) is 22.8 Å². The van der Waals surface area contributed by atoms with Crippen molar-refractivity contribution in [2.45, 2.75) is 30.1 Å². The number of carbonyl (C=O) groups is 1. The van der Waals surface area contributed by atoms with Gasteiger partial charge in [0.15, 0.2) is 0 Å². The summed E-state index contributed by atoms with van der Waals surface area (Å²) >= 11 is 1.58. The van der Waals surface area contributed by atoms with Crippen LogP contribution in [0.1, 0.15) is 17.5 Å². The number of methoxy groups -OCH3 is 1. The SMILES string of the molecule is COc1ccc(SCCC(=O)Nc2ccc(S(=O)(=O)Nc3c(C)cccc3C)cc2)cc1. The lowest BCUT2D eigenvalue weighted by Crippen LogP contribution is -2.15. The lowest BCUT2D eigenvalue weighted by Gasteiger charge is -2.13. The van der Waals surface area contributed by atoms with Gasteiger partial charge >= 0.3 is 0 Å². The number of sulfonamides is 1. The topological polar surface area (TPSA) is 84.5 Å². The Morgan fingerprint density at radius 3 is 2.16 bits per heavy atom. The Kier molecular flexibility index (Phi) is 7.82. The second-order valence-electron chi connectivity index (χ2n) is 7.22. The number of anilines is 2. The fraction of sp³-hybridized carbons (Fsp3) is 0.208. The van der Waals surface area contributed by atoms with Crippen molar-refractivity contribution in [3.63, 3.8) is 0 Å². The van der Waals surface area contributed by atoms with Gasteiger partial charge in [0.2, 0.25) is 5.91 Å². The fourth-order valence-electron chi connectivity index (χ4n) is 3.04. The van der Waals surface area contributed by atoms with Gasteiger partial charge in [-0.15, -0.1) is 11.8 Å². The summed E-state index contributed by atoms with van der Waals surface area (Å²) in [6.07, 6.45) is 0.338. The third-order valence-electron chi connectivity index (χ3n) is 4.82. The molecule has 0 aliphatic carbocycles. The molecule has 8 heteroatoms. The molecule has 0 saturated heterocycles. The first-order valence-electron chi connectivity index (χ1n) is 10.0. The predicted octanol–water partition coefficient (Wildman–Crippen LogP) is 5.23.